The zero-order valence-electron chi connectivity index (χ0n) is 17.7. The highest BCUT2D eigenvalue weighted by atomic mass is 35.5. The van der Waals surface area contributed by atoms with Gasteiger partial charge in [-0.25, -0.2) is 0 Å². The topological polar surface area (TPSA) is 65.1 Å². The summed E-state index contributed by atoms with van der Waals surface area (Å²) >= 11 is 6.03. The van der Waals surface area contributed by atoms with Crippen LogP contribution in [-0.2, 0) is 9.59 Å². The van der Waals surface area contributed by atoms with Crippen LogP contribution < -0.4 is 19.1 Å². The second-order valence-corrected chi connectivity index (χ2v) is 7.96. The lowest BCUT2D eigenvalue weighted by Crippen LogP contribution is -2.40. The van der Waals surface area contributed by atoms with E-state index in [0.717, 1.165) is 11.3 Å². The summed E-state index contributed by atoms with van der Waals surface area (Å²) < 4.78 is 16.6. The van der Waals surface area contributed by atoms with Crippen molar-refractivity contribution in [2.45, 2.75) is 31.6 Å². The number of allylic oxidation sites excluding steroid dienone is 2. The Morgan fingerprint density at radius 2 is 1.61 bits per heavy atom. The van der Waals surface area contributed by atoms with Crippen LogP contribution in [0.3, 0.4) is 0 Å². The first-order chi connectivity index (χ1) is 15.0. The summed E-state index contributed by atoms with van der Waals surface area (Å²) in [4.78, 5) is 28.1. The number of ketones is 1. The summed E-state index contributed by atoms with van der Waals surface area (Å²) in [6.45, 7) is 0. The molecule has 0 saturated carbocycles. The number of hydrogen-bond acceptors (Lipinski definition) is 5. The van der Waals surface area contributed by atoms with Gasteiger partial charge in [0, 0.05) is 46.3 Å². The molecule has 6 nitrogen and oxygen atoms in total. The van der Waals surface area contributed by atoms with Crippen molar-refractivity contribution in [3.05, 3.63) is 58.3 Å². The smallest absolute Gasteiger partial charge is 0.232 e. The summed E-state index contributed by atoms with van der Waals surface area (Å²) in [5.41, 5.74) is 2.89. The Bertz CT molecular complexity index is 1060. The van der Waals surface area contributed by atoms with Crippen molar-refractivity contribution < 1.29 is 23.8 Å². The van der Waals surface area contributed by atoms with Crippen LogP contribution in [-0.4, -0.2) is 33.0 Å². The minimum absolute atomic E-state index is 0.0644. The molecule has 1 heterocycles. The monoisotopic (exact) mass is 441 g/mol. The van der Waals surface area contributed by atoms with E-state index >= 15 is 0 Å². The number of halogens is 1. The lowest BCUT2D eigenvalue weighted by Gasteiger charge is -2.38. The van der Waals surface area contributed by atoms with E-state index in [4.69, 9.17) is 25.8 Å². The van der Waals surface area contributed by atoms with Crippen molar-refractivity contribution in [1.29, 1.82) is 0 Å². The third-order valence-electron chi connectivity index (χ3n) is 5.87. The summed E-state index contributed by atoms with van der Waals surface area (Å²) in [7, 11) is 4.63. The Hall–Kier alpha value is -2.99. The SMILES string of the molecule is COc1ccc([C@H]2CC(=O)N(c3ccc(Cl)cc3)C3=C2C(=O)CCC3)c(OC)c1OC. The van der Waals surface area contributed by atoms with E-state index < -0.39 is 5.92 Å². The molecular formula is C24H24ClNO5. The number of carbonyl (C=O) groups excluding carboxylic acids is 2. The van der Waals surface area contributed by atoms with E-state index in [2.05, 4.69) is 0 Å². The first-order valence-electron chi connectivity index (χ1n) is 10.1. The van der Waals surface area contributed by atoms with Crippen LogP contribution in [0.5, 0.6) is 17.2 Å². The summed E-state index contributed by atoms with van der Waals surface area (Å²) in [6, 6.07) is 10.7. The molecule has 2 aromatic rings. The van der Waals surface area contributed by atoms with Gasteiger partial charge in [0.2, 0.25) is 11.7 Å². The molecule has 1 amide bonds. The van der Waals surface area contributed by atoms with E-state index in [1.807, 2.05) is 6.07 Å². The van der Waals surface area contributed by atoms with Gasteiger partial charge in [-0.1, -0.05) is 17.7 Å². The first kappa shape index (κ1) is 21.2. The molecule has 1 aliphatic carbocycles. The number of benzene rings is 2. The number of methoxy groups -OCH3 is 3. The average Bonchev–Trinajstić information content (AvgIpc) is 2.78. The summed E-state index contributed by atoms with van der Waals surface area (Å²) in [6.07, 6.45) is 1.99. The van der Waals surface area contributed by atoms with E-state index in [9.17, 15) is 9.59 Å². The van der Waals surface area contributed by atoms with Gasteiger partial charge in [0.05, 0.1) is 21.3 Å². The van der Waals surface area contributed by atoms with Gasteiger partial charge < -0.3 is 14.2 Å². The Balaban J connectivity index is 1.89. The molecule has 2 aliphatic rings. The fourth-order valence-electron chi connectivity index (χ4n) is 4.55. The maximum absolute atomic E-state index is 13.4. The van der Waals surface area contributed by atoms with Crippen molar-refractivity contribution >= 4 is 29.0 Å². The van der Waals surface area contributed by atoms with Crippen LogP contribution >= 0.6 is 11.6 Å². The molecule has 0 bridgehead atoms. The molecule has 31 heavy (non-hydrogen) atoms. The van der Waals surface area contributed by atoms with Crippen LogP contribution in [0.2, 0.25) is 5.02 Å². The number of carbonyl (C=O) groups is 2. The summed E-state index contributed by atoms with van der Waals surface area (Å²) in [5.74, 6) is 1.03. The van der Waals surface area contributed by atoms with Crippen LogP contribution in [0.15, 0.2) is 47.7 Å². The van der Waals surface area contributed by atoms with E-state index in [0.29, 0.717) is 52.8 Å². The van der Waals surface area contributed by atoms with E-state index in [1.54, 1.807) is 49.5 Å². The van der Waals surface area contributed by atoms with Crippen molar-refractivity contribution in [2.24, 2.45) is 0 Å². The third-order valence-corrected chi connectivity index (χ3v) is 6.12. The number of amides is 1. The molecule has 0 spiro atoms. The number of nitrogens with zero attached hydrogens (tertiary/aromatic N) is 1. The van der Waals surface area contributed by atoms with Gasteiger partial charge in [-0.2, -0.15) is 0 Å². The van der Waals surface area contributed by atoms with Gasteiger partial charge >= 0.3 is 0 Å². The number of rotatable bonds is 5. The molecule has 162 valence electrons. The molecule has 0 radical (unpaired) electrons. The average molecular weight is 442 g/mol. The molecule has 7 heteroatoms. The Morgan fingerprint density at radius 1 is 0.903 bits per heavy atom. The van der Waals surface area contributed by atoms with Gasteiger partial charge in [0.15, 0.2) is 17.3 Å². The van der Waals surface area contributed by atoms with Gasteiger partial charge in [-0.15, -0.1) is 0 Å². The van der Waals surface area contributed by atoms with Crippen LogP contribution in [0.25, 0.3) is 0 Å². The molecule has 0 N–H and O–H groups in total. The highest BCUT2D eigenvalue weighted by Crippen LogP contribution is 2.49. The molecule has 0 saturated heterocycles. The highest BCUT2D eigenvalue weighted by Gasteiger charge is 2.41. The predicted octanol–water partition coefficient (Wildman–Crippen LogP) is 4.89. The molecule has 2 aromatic carbocycles. The molecule has 0 unspecified atom stereocenters. The van der Waals surface area contributed by atoms with Crippen molar-refractivity contribution in [3.8, 4) is 17.2 Å². The van der Waals surface area contributed by atoms with Crippen LogP contribution in [0.4, 0.5) is 5.69 Å². The fraction of sp³-hybridized carbons (Fsp3) is 0.333. The Kier molecular flexibility index (Phi) is 5.92. The maximum Gasteiger partial charge on any atom is 0.232 e. The zero-order chi connectivity index (χ0) is 22.1. The lowest BCUT2D eigenvalue weighted by atomic mass is 9.76. The zero-order valence-corrected chi connectivity index (χ0v) is 18.5. The lowest BCUT2D eigenvalue weighted by molar-refractivity contribution is -0.119. The summed E-state index contributed by atoms with van der Waals surface area (Å²) in [5, 5.41) is 0.593. The quantitative estimate of drug-likeness (QED) is 0.660. The second kappa shape index (κ2) is 8.63. The first-order valence-corrected chi connectivity index (χ1v) is 10.5. The van der Waals surface area contributed by atoms with Gasteiger partial charge in [0.1, 0.15) is 0 Å². The fourth-order valence-corrected chi connectivity index (χ4v) is 4.67. The minimum Gasteiger partial charge on any atom is -0.493 e. The third kappa shape index (κ3) is 3.65. The Labute approximate surface area is 186 Å². The van der Waals surface area contributed by atoms with Crippen LogP contribution in [0.1, 0.15) is 37.2 Å². The normalized spacial score (nSPS) is 18.7. The molecule has 1 atom stereocenters. The molecule has 0 fully saturated rings. The standard InChI is InChI=1S/C24H24ClNO5/c1-29-20-12-11-16(23(30-2)24(20)31-3)17-13-21(28)26(15-9-7-14(25)8-10-15)18-5-4-6-19(27)22(17)18/h7-12,17H,4-6,13H2,1-3H3/t17-/m1/s1. The molecule has 1 aliphatic heterocycles. The number of Topliss-reactive ketones (excluding diaryl/α,β-unsaturated/α-hetero) is 1. The molecular weight excluding hydrogens is 418 g/mol. The maximum atomic E-state index is 13.4. The number of hydrogen-bond donors (Lipinski definition) is 0. The molecule has 0 aromatic heterocycles. The van der Waals surface area contributed by atoms with Crippen molar-refractivity contribution in [3.63, 3.8) is 0 Å². The Morgan fingerprint density at radius 3 is 2.26 bits per heavy atom. The van der Waals surface area contributed by atoms with E-state index in [1.165, 1.54) is 7.11 Å². The number of anilines is 1. The second-order valence-electron chi connectivity index (χ2n) is 7.52. The number of ether oxygens (including phenoxy) is 3. The van der Waals surface area contributed by atoms with Crippen molar-refractivity contribution in [2.75, 3.05) is 26.2 Å². The highest BCUT2D eigenvalue weighted by molar-refractivity contribution is 6.30. The van der Waals surface area contributed by atoms with Crippen LogP contribution in [0, 0.1) is 0 Å². The van der Waals surface area contributed by atoms with Crippen molar-refractivity contribution in [1.82, 2.24) is 0 Å². The van der Waals surface area contributed by atoms with Gasteiger partial charge in [-0.3, -0.25) is 14.5 Å². The molecule has 4 rings (SSSR count). The van der Waals surface area contributed by atoms with Gasteiger partial charge in [-0.05, 0) is 43.2 Å². The largest absolute Gasteiger partial charge is 0.493 e. The minimum atomic E-state index is -0.409. The van der Waals surface area contributed by atoms with E-state index in [-0.39, 0.29) is 18.1 Å². The van der Waals surface area contributed by atoms with Gasteiger partial charge in [0.25, 0.3) is 0 Å². The predicted molar refractivity (Wildman–Crippen MR) is 118 cm³/mol.